The normalized spacial score (nSPS) is 12.0. The average Bonchev–Trinajstić information content (AvgIpc) is 2.42. The first-order chi connectivity index (χ1) is 9.90. The minimum atomic E-state index is -0.959. The summed E-state index contributed by atoms with van der Waals surface area (Å²) >= 11 is 0. The van der Waals surface area contributed by atoms with Gasteiger partial charge in [-0.25, -0.2) is 4.39 Å². The van der Waals surface area contributed by atoms with Crippen LogP contribution < -0.4 is 4.74 Å². The van der Waals surface area contributed by atoms with E-state index < -0.39 is 16.8 Å². The molecule has 0 aliphatic rings. The number of nitrogens with zero attached hydrogens (tertiary/aromatic N) is 1. The first-order valence-corrected chi connectivity index (χ1v) is 6.29. The smallest absolute Gasteiger partial charge is 0.311 e. The van der Waals surface area contributed by atoms with Crippen LogP contribution in [0.4, 0.5) is 10.1 Å². The van der Waals surface area contributed by atoms with Gasteiger partial charge in [0.1, 0.15) is 11.6 Å². The van der Waals surface area contributed by atoms with Crippen LogP contribution in [0.2, 0.25) is 0 Å². The first kappa shape index (κ1) is 14.9. The van der Waals surface area contributed by atoms with Crippen molar-refractivity contribution in [3.8, 4) is 11.5 Å². The Balaban J connectivity index is 2.51. The Morgan fingerprint density at radius 2 is 2.05 bits per heavy atom. The van der Waals surface area contributed by atoms with Crippen molar-refractivity contribution in [2.45, 2.75) is 20.0 Å². The average molecular weight is 291 g/mol. The summed E-state index contributed by atoms with van der Waals surface area (Å²) in [5.41, 5.74) is 0.619. The lowest BCUT2D eigenvalue weighted by molar-refractivity contribution is -0.385. The maximum absolute atomic E-state index is 13.3. The molecule has 0 aliphatic heterocycles. The third kappa shape index (κ3) is 3.17. The highest BCUT2D eigenvalue weighted by Gasteiger charge is 2.20. The molecule has 2 rings (SSSR count). The van der Waals surface area contributed by atoms with E-state index in [2.05, 4.69) is 0 Å². The molecule has 0 spiro atoms. The molecule has 110 valence electrons. The molecule has 5 nitrogen and oxygen atoms in total. The third-order valence-electron chi connectivity index (χ3n) is 3.02. The van der Waals surface area contributed by atoms with E-state index in [-0.39, 0.29) is 22.7 Å². The number of ether oxygens (including phenoxy) is 1. The topological polar surface area (TPSA) is 72.6 Å². The Kier molecular flexibility index (Phi) is 4.18. The fraction of sp³-hybridized carbons (Fsp3) is 0.200. The van der Waals surface area contributed by atoms with Gasteiger partial charge in [0, 0.05) is 11.6 Å². The van der Waals surface area contributed by atoms with Crippen LogP contribution in [-0.2, 0) is 0 Å². The van der Waals surface area contributed by atoms with Crippen LogP contribution in [0.5, 0.6) is 11.5 Å². The number of hydrogen-bond acceptors (Lipinski definition) is 4. The Labute approximate surface area is 120 Å². The minimum absolute atomic E-state index is 0.0796. The van der Waals surface area contributed by atoms with E-state index in [9.17, 15) is 19.6 Å². The van der Waals surface area contributed by atoms with Gasteiger partial charge in [0.15, 0.2) is 0 Å². The zero-order valence-electron chi connectivity index (χ0n) is 11.5. The Morgan fingerprint density at radius 1 is 1.33 bits per heavy atom. The van der Waals surface area contributed by atoms with Crippen molar-refractivity contribution in [3.05, 3.63) is 63.5 Å². The molecule has 0 fully saturated rings. The van der Waals surface area contributed by atoms with Crippen LogP contribution in [0.25, 0.3) is 0 Å². The SMILES string of the molecule is Cc1cccc([N+](=O)[O-])c1Oc1ccc(F)cc1[C@H](C)O. The summed E-state index contributed by atoms with van der Waals surface area (Å²) in [5.74, 6) is -0.252. The third-order valence-corrected chi connectivity index (χ3v) is 3.02. The summed E-state index contributed by atoms with van der Waals surface area (Å²) in [4.78, 5) is 10.5. The van der Waals surface area contributed by atoms with Crippen LogP contribution in [0.1, 0.15) is 24.2 Å². The summed E-state index contributed by atoms with van der Waals surface area (Å²) in [6.07, 6.45) is -0.959. The summed E-state index contributed by atoms with van der Waals surface area (Å²) in [6.45, 7) is 3.14. The number of rotatable bonds is 4. The lowest BCUT2D eigenvalue weighted by atomic mass is 10.1. The molecule has 0 aromatic heterocycles. The van der Waals surface area contributed by atoms with Crippen molar-refractivity contribution < 1.29 is 19.2 Å². The van der Waals surface area contributed by atoms with Crippen LogP contribution in [0.3, 0.4) is 0 Å². The number of nitro benzene ring substituents is 1. The molecule has 1 atom stereocenters. The lowest BCUT2D eigenvalue weighted by Crippen LogP contribution is -2.00. The number of aliphatic hydroxyl groups excluding tert-OH is 1. The molecule has 0 unspecified atom stereocenters. The molecule has 1 N–H and O–H groups in total. The highest BCUT2D eigenvalue weighted by Crippen LogP contribution is 2.37. The van der Waals surface area contributed by atoms with E-state index >= 15 is 0 Å². The Bertz CT molecular complexity index is 685. The van der Waals surface area contributed by atoms with Crippen LogP contribution in [0, 0.1) is 22.9 Å². The number of aryl methyl sites for hydroxylation is 1. The molecule has 0 saturated heterocycles. The molecule has 0 bridgehead atoms. The molecular formula is C15H14FNO4. The second kappa shape index (κ2) is 5.88. The molecule has 0 saturated carbocycles. The van der Waals surface area contributed by atoms with Crippen molar-refractivity contribution in [3.63, 3.8) is 0 Å². The van der Waals surface area contributed by atoms with Crippen molar-refractivity contribution in [2.24, 2.45) is 0 Å². The second-order valence-corrected chi connectivity index (χ2v) is 4.64. The molecule has 2 aromatic rings. The molecular weight excluding hydrogens is 277 g/mol. The quantitative estimate of drug-likeness (QED) is 0.685. The van der Waals surface area contributed by atoms with Crippen molar-refractivity contribution in [1.29, 1.82) is 0 Å². The number of nitro groups is 1. The van der Waals surface area contributed by atoms with Gasteiger partial charge in [0.05, 0.1) is 11.0 Å². The summed E-state index contributed by atoms with van der Waals surface area (Å²) in [7, 11) is 0. The molecule has 0 heterocycles. The molecule has 0 aliphatic carbocycles. The van der Waals surface area contributed by atoms with E-state index in [0.29, 0.717) is 5.56 Å². The molecule has 0 radical (unpaired) electrons. The molecule has 0 amide bonds. The Hall–Kier alpha value is -2.47. The van der Waals surface area contributed by atoms with E-state index in [1.54, 1.807) is 19.1 Å². The number of benzene rings is 2. The predicted octanol–water partition coefficient (Wildman–Crippen LogP) is 3.89. The van der Waals surface area contributed by atoms with E-state index in [1.165, 1.54) is 25.1 Å². The molecule has 21 heavy (non-hydrogen) atoms. The summed E-state index contributed by atoms with van der Waals surface area (Å²) in [6, 6.07) is 8.21. The van der Waals surface area contributed by atoms with E-state index in [0.717, 1.165) is 6.07 Å². The highest BCUT2D eigenvalue weighted by atomic mass is 19.1. The van der Waals surface area contributed by atoms with Gasteiger partial charge < -0.3 is 9.84 Å². The van der Waals surface area contributed by atoms with Crippen LogP contribution in [-0.4, -0.2) is 10.0 Å². The van der Waals surface area contributed by atoms with Crippen molar-refractivity contribution in [2.75, 3.05) is 0 Å². The maximum atomic E-state index is 13.3. The zero-order valence-corrected chi connectivity index (χ0v) is 11.5. The second-order valence-electron chi connectivity index (χ2n) is 4.64. The van der Waals surface area contributed by atoms with Gasteiger partial charge in [-0.05, 0) is 37.6 Å². The minimum Gasteiger partial charge on any atom is -0.449 e. The van der Waals surface area contributed by atoms with Crippen molar-refractivity contribution in [1.82, 2.24) is 0 Å². The fourth-order valence-corrected chi connectivity index (χ4v) is 1.96. The molecule has 6 heteroatoms. The largest absolute Gasteiger partial charge is 0.449 e. The maximum Gasteiger partial charge on any atom is 0.311 e. The van der Waals surface area contributed by atoms with Gasteiger partial charge in [0.2, 0.25) is 5.75 Å². The van der Waals surface area contributed by atoms with Crippen molar-refractivity contribution >= 4 is 5.69 Å². The number of halogens is 1. The Morgan fingerprint density at radius 3 is 2.67 bits per heavy atom. The van der Waals surface area contributed by atoms with Gasteiger partial charge in [0.25, 0.3) is 0 Å². The standard InChI is InChI=1S/C15H14FNO4/c1-9-4-3-5-13(17(19)20)15(9)21-14-7-6-11(16)8-12(14)10(2)18/h3-8,10,18H,1-2H3/t10-/m0/s1. The zero-order chi connectivity index (χ0) is 15.6. The van der Waals surface area contributed by atoms with Gasteiger partial charge in [-0.15, -0.1) is 0 Å². The predicted molar refractivity (Wildman–Crippen MR) is 74.9 cm³/mol. The summed E-state index contributed by atoms with van der Waals surface area (Å²) < 4.78 is 18.8. The van der Waals surface area contributed by atoms with E-state index in [1.807, 2.05) is 0 Å². The van der Waals surface area contributed by atoms with Gasteiger partial charge in [-0.3, -0.25) is 10.1 Å². The number of aliphatic hydroxyl groups is 1. The number of para-hydroxylation sites is 1. The first-order valence-electron chi connectivity index (χ1n) is 6.29. The van der Waals surface area contributed by atoms with Gasteiger partial charge in [-0.2, -0.15) is 0 Å². The molecule has 2 aromatic carbocycles. The van der Waals surface area contributed by atoms with Gasteiger partial charge >= 0.3 is 5.69 Å². The van der Waals surface area contributed by atoms with E-state index in [4.69, 9.17) is 4.74 Å². The van der Waals surface area contributed by atoms with Gasteiger partial charge in [-0.1, -0.05) is 12.1 Å². The monoisotopic (exact) mass is 291 g/mol. The lowest BCUT2D eigenvalue weighted by Gasteiger charge is -2.14. The summed E-state index contributed by atoms with van der Waals surface area (Å²) in [5, 5.41) is 20.7. The highest BCUT2D eigenvalue weighted by molar-refractivity contribution is 5.54. The number of hydrogen-bond donors (Lipinski definition) is 1. The fourth-order valence-electron chi connectivity index (χ4n) is 1.96. The van der Waals surface area contributed by atoms with Crippen LogP contribution >= 0.6 is 0 Å². The van der Waals surface area contributed by atoms with Crippen LogP contribution in [0.15, 0.2) is 36.4 Å².